The van der Waals surface area contributed by atoms with E-state index in [1.807, 2.05) is 0 Å². The van der Waals surface area contributed by atoms with Crippen molar-refractivity contribution in [2.75, 3.05) is 38.0 Å². The van der Waals surface area contributed by atoms with Crippen LogP contribution >= 0.6 is 0 Å². The summed E-state index contributed by atoms with van der Waals surface area (Å²) in [5.41, 5.74) is 0.890. The van der Waals surface area contributed by atoms with Crippen molar-refractivity contribution in [3.05, 3.63) is 42.2 Å². The number of rotatable bonds is 9. The fourth-order valence-corrected chi connectivity index (χ4v) is 6.01. The topological polar surface area (TPSA) is 87.5 Å². The van der Waals surface area contributed by atoms with Crippen molar-refractivity contribution in [1.29, 1.82) is 0 Å². The first-order chi connectivity index (χ1) is 15.2. The molecule has 3 rings (SSSR count). The normalized spacial score (nSPS) is 19.9. The van der Waals surface area contributed by atoms with Crippen molar-refractivity contribution in [3.63, 3.8) is 0 Å². The maximum Gasteiger partial charge on any atom is 0.255 e. The lowest BCUT2D eigenvalue weighted by atomic mass is 9.94. The van der Waals surface area contributed by atoms with Gasteiger partial charge in [-0.25, -0.2) is 8.42 Å². The molecule has 2 aromatic rings. The second-order valence-corrected chi connectivity index (χ2v) is 10.7. The predicted molar refractivity (Wildman–Crippen MR) is 126 cm³/mol. The van der Waals surface area contributed by atoms with Gasteiger partial charge in [-0.2, -0.15) is 9.40 Å². The van der Waals surface area contributed by atoms with Crippen LogP contribution in [0.15, 0.2) is 41.6 Å². The van der Waals surface area contributed by atoms with Crippen molar-refractivity contribution < 1.29 is 13.2 Å². The van der Waals surface area contributed by atoms with Gasteiger partial charge in [0, 0.05) is 31.4 Å². The zero-order valence-electron chi connectivity index (χ0n) is 19.5. The Morgan fingerprint density at radius 3 is 2.53 bits per heavy atom. The van der Waals surface area contributed by atoms with E-state index in [-0.39, 0.29) is 10.8 Å². The summed E-state index contributed by atoms with van der Waals surface area (Å²) in [5.74, 6) is 0.280. The molecule has 1 aromatic carbocycles. The fraction of sp³-hybridized carbons (Fsp3) is 0.565. The molecule has 1 fully saturated rings. The molecule has 2 heterocycles. The van der Waals surface area contributed by atoms with E-state index >= 15 is 0 Å². The highest BCUT2D eigenvalue weighted by Crippen LogP contribution is 2.27. The summed E-state index contributed by atoms with van der Waals surface area (Å²) in [6, 6.07) is 6.26. The number of likely N-dealkylation sites (N-methyl/N-ethyl adjacent to an activating group) is 1. The highest BCUT2D eigenvalue weighted by atomic mass is 32.2. The molecule has 8 nitrogen and oxygen atoms in total. The van der Waals surface area contributed by atoms with Crippen LogP contribution < -0.4 is 5.32 Å². The highest BCUT2D eigenvalue weighted by molar-refractivity contribution is 7.89. The third-order valence-corrected chi connectivity index (χ3v) is 7.83. The number of sulfonamides is 1. The lowest BCUT2D eigenvalue weighted by molar-refractivity contribution is 0.102. The molecule has 9 heteroatoms. The Hall–Kier alpha value is -2.23. The van der Waals surface area contributed by atoms with Crippen LogP contribution in [0.3, 0.4) is 0 Å². The molecule has 1 amide bonds. The molecule has 1 aliphatic heterocycles. The molecule has 1 aromatic heterocycles. The number of amides is 1. The van der Waals surface area contributed by atoms with Crippen molar-refractivity contribution in [2.24, 2.45) is 11.8 Å². The molecular formula is C23H35N5O3S. The summed E-state index contributed by atoms with van der Waals surface area (Å²) in [5, 5.41) is 7.13. The van der Waals surface area contributed by atoms with Crippen molar-refractivity contribution in [2.45, 2.75) is 45.6 Å². The fourth-order valence-electron chi connectivity index (χ4n) is 4.29. The molecule has 176 valence electrons. The number of carbonyl (C=O) groups is 1. The van der Waals surface area contributed by atoms with Crippen molar-refractivity contribution >= 4 is 21.6 Å². The van der Waals surface area contributed by atoms with Gasteiger partial charge in [-0.05, 0) is 49.5 Å². The molecule has 1 saturated heterocycles. The van der Waals surface area contributed by atoms with Crippen LogP contribution in [0, 0.1) is 11.8 Å². The average Bonchev–Trinajstić information content (AvgIpc) is 3.21. The van der Waals surface area contributed by atoms with Crippen LogP contribution in [0.25, 0.3) is 0 Å². The number of carbonyl (C=O) groups excluding carboxylic acids is 1. The maximum absolute atomic E-state index is 13.2. The van der Waals surface area contributed by atoms with E-state index in [0.717, 1.165) is 32.6 Å². The van der Waals surface area contributed by atoms with Crippen molar-refractivity contribution in [3.8, 4) is 0 Å². The van der Waals surface area contributed by atoms with Gasteiger partial charge in [-0.1, -0.05) is 33.8 Å². The van der Waals surface area contributed by atoms with Crippen LogP contribution in [0.4, 0.5) is 5.69 Å². The quantitative estimate of drug-likeness (QED) is 0.620. The molecule has 32 heavy (non-hydrogen) atoms. The Morgan fingerprint density at radius 1 is 1.19 bits per heavy atom. The molecule has 2 unspecified atom stereocenters. The molecule has 0 saturated carbocycles. The first kappa shape index (κ1) is 24.4. The second-order valence-electron chi connectivity index (χ2n) is 8.77. The summed E-state index contributed by atoms with van der Waals surface area (Å²) in [6.45, 7) is 13.0. The standard InChI is InChI=1S/C23H35N5O3S/c1-5-26(6-2)10-11-27-17-21(14-24-27)25-23(29)20-8-7-9-22(13-20)32(30,31)28-15-18(3)12-19(4)16-28/h7-9,13-14,17-19H,5-6,10-12,15-16H2,1-4H3,(H,25,29). The third kappa shape index (κ3) is 5.96. The minimum absolute atomic E-state index is 0.154. The number of nitrogens with zero attached hydrogens (tertiary/aromatic N) is 4. The Morgan fingerprint density at radius 2 is 1.88 bits per heavy atom. The Balaban J connectivity index is 1.68. The summed E-state index contributed by atoms with van der Waals surface area (Å²) >= 11 is 0. The number of piperidine rings is 1. The van der Waals surface area contributed by atoms with E-state index in [4.69, 9.17) is 0 Å². The summed E-state index contributed by atoms with van der Waals surface area (Å²) in [7, 11) is -3.64. The van der Waals surface area contributed by atoms with Crippen LogP contribution in [-0.2, 0) is 16.6 Å². The van der Waals surface area contributed by atoms with Gasteiger partial charge in [0.2, 0.25) is 10.0 Å². The monoisotopic (exact) mass is 461 g/mol. The minimum atomic E-state index is -3.64. The molecule has 0 aliphatic carbocycles. The Labute approximate surface area is 191 Å². The smallest absolute Gasteiger partial charge is 0.255 e. The van der Waals surface area contributed by atoms with Crippen molar-refractivity contribution in [1.82, 2.24) is 19.0 Å². The molecule has 0 radical (unpaired) electrons. The van der Waals surface area contributed by atoms with Crippen LogP contribution in [0.1, 0.15) is 44.5 Å². The molecular weight excluding hydrogens is 426 g/mol. The van der Waals surface area contributed by atoms with Gasteiger partial charge in [0.05, 0.1) is 23.3 Å². The van der Waals surface area contributed by atoms with E-state index in [2.05, 4.69) is 43.0 Å². The van der Waals surface area contributed by atoms with Gasteiger partial charge < -0.3 is 10.2 Å². The van der Waals surface area contributed by atoms with Gasteiger partial charge in [0.1, 0.15) is 0 Å². The van der Waals surface area contributed by atoms with E-state index in [9.17, 15) is 13.2 Å². The van der Waals surface area contributed by atoms with Gasteiger partial charge >= 0.3 is 0 Å². The number of aromatic nitrogens is 2. The number of anilines is 1. The maximum atomic E-state index is 13.2. The number of benzene rings is 1. The summed E-state index contributed by atoms with van der Waals surface area (Å²) < 4.78 is 29.7. The van der Waals surface area contributed by atoms with Gasteiger partial charge in [-0.3, -0.25) is 9.48 Å². The molecule has 0 spiro atoms. The number of hydrogen-bond acceptors (Lipinski definition) is 5. The SMILES string of the molecule is CCN(CC)CCn1cc(NC(=O)c2cccc(S(=O)(=O)N3CC(C)CC(C)C3)c2)cn1. The van der Waals surface area contributed by atoms with Gasteiger partial charge in [0.15, 0.2) is 0 Å². The second kappa shape index (κ2) is 10.6. The van der Waals surface area contributed by atoms with Gasteiger partial charge in [-0.15, -0.1) is 0 Å². The third-order valence-electron chi connectivity index (χ3n) is 6.00. The molecule has 0 bridgehead atoms. The lowest BCUT2D eigenvalue weighted by Gasteiger charge is -2.34. The van der Waals surface area contributed by atoms with Crippen LogP contribution in [0.2, 0.25) is 0 Å². The highest BCUT2D eigenvalue weighted by Gasteiger charge is 2.32. The average molecular weight is 462 g/mol. The lowest BCUT2D eigenvalue weighted by Crippen LogP contribution is -2.42. The predicted octanol–water partition coefficient (Wildman–Crippen LogP) is 3.14. The van der Waals surface area contributed by atoms with Gasteiger partial charge in [0.25, 0.3) is 5.91 Å². The number of hydrogen-bond donors (Lipinski definition) is 1. The first-order valence-corrected chi connectivity index (χ1v) is 12.8. The number of nitrogens with one attached hydrogen (secondary N) is 1. The Bertz CT molecular complexity index is 1010. The zero-order valence-corrected chi connectivity index (χ0v) is 20.3. The largest absolute Gasteiger partial charge is 0.319 e. The van der Waals surface area contributed by atoms with Crippen LogP contribution in [-0.4, -0.2) is 66.0 Å². The first-order valence-electron chi connectivity index (χ1n) is 11.4. The minimum Gasteiger partial charge on any atom is -0.319 e. The zero-order chi connectivity index (χ0) is 23.3. The van der Waals surface area contributed by atoms with E-state index in [1.165, 1.54) is 6.07 Å². The van der Waals surface area contributed by atoms with E-state index < -0.39 is 10.0 Å². The molecule has 2 atom stereocenters. The molecule has 1 aliphatic rings. The summed E-state index contributed by atoms with van der Waals surface area (Å²) in [4.78, 5) is 15.2. The van der Waals surface area contributed by atoms with E-state index in [1.54, 1.807) is 39.6 Å². The van der Waals surface area contributed by atoms with Crippen LogP contribution in [0.5, 0.6) is 0 Å². The van der Waals surface area contributed by atoms with E-state index in [0.29, 0.717) is 36.2 Å². The Kier molecular flexibility index (Phi) is 8.08. The molecule has 1 N–H and O–H groups in total. The summed E-state index contributed by atoms with van der Waals surface area (Å²) in [6.07, 6.45) is 4.42.